The normalized spacial score (nSPS) is 35.2. The van der Waals surface area contributed by atoms with E-state index in [0.717, 1.165) is 13.1 Å². The largest absolute Gasteiger partial charge is 0.779 e. The van der Waals surface area contributed by atoms with Crippen LogP contribution >= 0.6 is 15.2 Å². The summed E-state index contributed by atoms with van der Waals surface area (Å²) in [6, 6.07) is 0. The summed E-state index contributed by atoms with van der Waals surface area (Å²) in [7, 11) is -6.72. The third-order valence-corrected chi connectivity index (χ3v) is 4.36. The van der Waals surface area contributed by atoms with Gasteiger partial charge in [0.1, 0.15) is 7.60 Å². The van der Waals surface area contributed by atoms with Crippen LogP contribution < -0.4 is 4.89 Å². The van der Waals surface area contributed by atoms with Crippen LogP contribution in [0.2, 0.25) is 0 Å². The van der Waals surface area contributed by atoms with Gasteiger partial charge in [0.15, 0.2) is 0 Å². The molecule has 1 aliphatic heterocycles. The fourth-order valence-electron chi connectivity index (χ4n) is 1.67. The molecule has 0 aliphatic carbocycles. The predicted octanol–water partition coefficient (Wildman–Crippen LogP) is 1.84. The minimum atomic E-state index is -3.78. The number of hydrogen-bond donors (Lipinski definition) is 0. The first-order chi connectivity index (χ1) is 7.73. The summed E-state index contributed by atoms with van der Waals surface area (Å²) in [6.45, 7) is 4.80. The fraction of sp³-hybridized carbons (Fsp3) is 1.00. The molecule has 8 heteroatoms. The van der Waals surface area contributed by atoms with E-state index >= 15 is 0 Å². The molecular formula is C9H19O6P2-. The minimum absolute atomic E-state index is 0.195. The second kappa shape index (κ2) is 5.96. The first-order valence-corrected chi connectivity index (χ1v) is 9.55. The van der Waals surface area contributed by atoms with Gasteiger partial charge in [-0.25, -0.2) is 0 Å². The van der Waals surface area contributed by atoms with Crippen molar-refractivity contribution in [3.63, 3.8) is 0 Å². The van der Waals surface area contributed by atoms with Gasteiger partial charge in [-0.2, -0.15) is 0 Å². The van der Waals surface area contributed by atoms with Crippen LogP contribution in [0.25, 0.3) is 0 Å². The maximum atomic E-state index is 11.4. The molecule has 102 valence electrons. The number of rotatable bonds is 5. The molecule has 0 aromatic carbocycles. The molecule has 0 saturated carbocycles. The van der Waals surface area contributed by atoms with Crippen molar-refractivity contribution in [1.29, 1.82) is 0 Å². The van der Waals surface area contributed by atoms with Crippen molar-refractivity contribution in [3.05, 3.63) is 0 Å². The van der Waals surface area contributed by atoms with Crippen LogP contribution in [0.15, 0.2) is 0 Å². The fourth-order valence-corrected chi connectivity index (χ4v) is 3.44. The van der Waals surface area contributed by atoms with Crippen LogP contribution in [0.5, 0.6) is 0 Å². The van der Waals surface area contributed by atoms with Gasteiger partial charge in [0.25, 0.3) is 0 Å². The lowest BCUT2D eigenvalue weighted by Gasteiger charge is -2.35. The van der Waals surface area contributed by atoms with E-state index in [9.17, 15) is 14.0 Å². The Hall–Kier alpha value is 0.300. The molecule has 0 aromatic rings. The molecule has 1 fully saturated rings. The van der Waals surface area contributed by atoms with Gasteiger partial charge in [-0.15, -0.1) is 0 Å². The van der Waals surface area contributed by atoms with E-state index in [1.165, 1.54) is 6.66 Å². The summed E-state index contributed by atoms with van der Waals surface area (Å²) < 4.78 is 37.8. The third kappa shape index (κ3) is 5.64. The van der Waals surface area contributed by atoms with Crippen molar-refractivity contribution in [1.82, 2.24) is 0 Å². The van der Waals surface area contributed by atoms with Gasteiger partial charge in [0, 0.05) is 19.2 Å². The Morgan fingerprint density at radius 1 is 1.53 bits per heavy atom. The van der Waals surface area contributed by atoms with Crippen molar-refractivity contribution < 1.29 is 27.6 Å². The Bertz CT molecular complexity index is 326. The summed E-state index contributed by atoms with van der Waals surface area (Å²) in [5, 5.41) is 0. The van der Waals surface area contributed by atoms with E-state index in [4.69, 9.17) is 13.6 Å². The monoisotopic (exact) mass is 285 g/mol. The molecule has 6 nitrogen and oxygen atoms in total. The maximum Gasteiger partial charge on any atom is 0.327 e. The SMILES string of the molecule is CCCC(OP(C)(=O)[O-])C1COP(C)(=O)OC1. The van der Waals surface area contributed by atoms with E-state index in [2.05, 4.69) is 0 Å². The van der Waals surface area contributed by atoms with Crippen LogP contribution in [0.1, 0.15) is 19.8 Å². The van der Waals surface area contributed by atoms with E-state index in [0.29, 0.717) is 6.42 Å². The highest BCUT2D eigenvalue weighted by molar-refractivity contribution is 7.53. The maximum absolute atomic E-state index is 11.4. The molecule has 0 radical (unpaired) electrons. The molecule has 2 atom stereocenters. The van der Waals surface area contributed by atoms with Crippen molar-refractivity contribution in [2.45, 2.75) is 25.9 Å². The molecule has 1 saturated heterocycles. The molecule has 1 aliphatic rings. The van der Waals surface area contributed by atoms with Crippen LogP contribution in [-0.2, 0) is 22.7 Å². The lowest BCUT2D eigenvalue weighted by atomic mass is 10.0. The molecule has 0 bridgehead atoms. The van der Waals surface area contributed by atoms with Crippen LogP contribution in [0.3, 0.4) is 0 Å². The molecule has 0 aromatic heterocycles. The Morgan fingerprint density at radius 2 is 2.06 bits per heavy atom. The predicted molar refractivity (Wildman–Crippen MR) is 62.2 cm³/mol. The molecular weight excluding hydrogens is 266 g/mol. The molecule has 2 unspecified atom stereocenters. The second-order valence-corrected chi connectivity index (χ2v) is 8.14. The van der Waals surface area contributed by atoms with Crippen molar-refractivity contribution >= 4 is 15.2 Å². The lowest BCUT2D eigenvalue weighted by molar-refractivity contribution is -0.203. The summed E-state index contributed by atoms with van der Waals surface area (Å²) in [4.78, 5) is 11.2. The van der Waals surface area contributed by atoms with Gasteiger partial charge in [-0.1, -0.05) is 13.3 Å². The highest BCUT2D eigenvalue weighted by Gasteiger charge is 2.33. The van der Waals surface area contributed by atoms with Crippen LogP contribution in [0, 0.1) is 5.92 Å². The average molecular weight is 285 g/mol. The van der Waals surface area contributed by atoms with Gasteiger partial charge in [-0.3, -0.25) is 4.57 Å². The molecule has 1 heterocycles. The zero-order valence-corrected chi connectivity index (χ0v) is 12.1. The lowest BCUT2D eigenvalue weighted by Crippen LogP contribution is -2.34. The van der Waals surface area contributed by atoms with E-state index in [1.54, 1.807) is 0 Å². The van der Waals surface area contributed by atoms with Gasteiger partial charge < -0.3 is 23.0 Å². The topological polar surface area (TPSA) is 84.9 Å². The third-order valence-electron chi connectivity index (χ3n) is 2.47. The first-order valence-electron chi connectivity index (χ1n) is 5.57. The van der Waals surface area contributed by atoms with E-state index in [-0.39, 0.29) is 19.1 Å². The average Bonchev–Trinajstić information content (AvgIpc) is 2.15. The van der Waals surface area contributed by atoms with Gasteiger partial charge in [0.2, 0.25) is 0 Å². The Kier molecular flexibility index (Phi) is 5.39. The highest BCUT2D eigenvalue weighted by atomic mass is 31.2. The summed E-state index contributed by atoms with van der Waals surface area (Å²) in [6.07, 6.45) is 0.935. The van der Waals surface area contributed by atoms with Gasteiger partial charge >= 0.3 is 7.60 Å². The summed E-state index contributed by atoms with van der Waals surface area (Å²) in [5.74, 6) is -0.195. The van der Waals surface area contributed by atoms with Crippen LogP contribution in [0.4, 0.5) is 0 Å². The molecule has 0 N–H and O–H groups in total. The van der Waals surface area contributed by atoms with Crippen molar-refractivity contribution in [2.75, 3.05) is 26.5 Å². The molecule has 0 spiro atoms. The highest BCUT2D eigenvalue weighted by Crippen LogP contribution is 2.49. The smallest absolute Gasteiger partial charge is 0.327 e. The zero-order chi connectivity index (χ0) is 13.1. The van der Waals surface area contributed by atoms with Crippen molar-refractivity contribution in [2.24, 2.45) is 5.92 Å². The quantitative estimate of drug-likeness (QED) is 0.716. The number of hydrogen-bond acceptors (Lipinski definition) is 6. The Balaban J connectivity index is 2.60. The summed E-state index contributed by atoms with van der Waals surface area (Å²) in [5.41, 5.74) is 0. The molecule has 0 amide bonds. The van der Waals surface area contributed by atoms with Gasteiger partial charge in [-0.05, 0) is 6.42 Å². The first kappa shape index (κ1) is 15.4. The second-order valence-electron chi connectivity index (χ2n) is 4.33. The van der Waals surface area contributed by atoms with Gasteiger partial charge in [0.05, 0.1) is 19.3 Å². The van der Waals surface area contributed by atoms with E-state index < -0.39 is 21.3 Å². The molecule has 17 heavy (non-hydrogen) atoms. The molecule has 1 rings (SSSR count). The zero-order valence-electron chi connectivity index (χ0n) is 10.3. The minimum Gasteiger partial charge on any atom is -0.779 e. The Labute approximate surface area is 102 Å². The Morgan fingerprint density at radius 3 is 2.47 bits per heavy atom. The summed E-state index contributed by atoms with van der Waals surface area (Å²) >= 11 is 0. The standard InChI is InChI=1S/C9H20O6P2/c1-4-5-9(15-16(2,10)11)8-6-13-17(3,12)14-7-8/h8-9H,4-7H2,1-3H3,(H,10,11)/p-1. The van der Waals surface area contributed by atoms with E-state index in [1.807, 2.05) is 6.92 Å². The van der Waals surface area contributed by atoms with Crippen molar-refractivity contribution in [3.8, 4) is 0 Å². The van der Waals surface area contributed by atoms with Crippen LogP contribution in [-0.4, -0.2) is 32.6 Å².